The van der Waals surface area contributed by atoms with Crippen LogP contribution < -0.4 is 14.8 Å². The average Bonchev–Trinajstić information content (AvgIpc) is 1.50. The highest BCUT2D eigenvalue weighted by Gasteiger charge is 2.55. The fourth-order valence-electron chi connectivity index (χ4n) is 17.2. The molecule has 0 radical (unpaired) electrons. The number of anilines is 1. The second-order valence-corrected chi connectivity index (χ2v) is 28.9. The number of carbonyl (C=O) groups excluding carboxylic acids is 1. The molecule has 4 unspecified atom stereocenters. The van der Waals surface area contributed by atoms with Crippen LogP contribution in [0.1, 0.15) is 146 Å². The van der Waals surface area contributed by atoms with Gasteiger partial charge in [0.05, 0.1) is 34.8 Å². The number of likely N-dealkylation sites (N-methyl/N-ethyl adjacent to an activating group) is 1. The van der Waals surface area contributed by atoms with Crippen LogP contribution in [0.4, 0.5) is 5.82 Å². The lowest BCUT2D eigenvalue weighted by Crippen LogP contribution is -2.49. The fourth-order valence-corrected chi connectivity index (χ4v) is 17.2. The maximum atomic E-state index is 13.5. The molecular weight excluding hydrogens is 1120 g/mol. The number of likely N-dealkylation sites (tertiary alicyclic amines) is 1. The summed E-state index contributed by atoms with van der Waals surface area (Å²) in [6.07, 6.45) is 20.4. The van der Waals surface area contributed by atoms with Crippen LogP contribution in [0.2, 0.25) is 0 Å². The second kappa shape index (κ2) is 28.9. The maximum absolute atomic E-state index is 13.5. The van der Waals surface area contributed by atoms with Crippen molar-refractivity contribution in [3.63, 3.8) is 0 Å². The van der Waals surface area contributed by atoms with E-state index in [1.807, 2.05) is 48.7 Å². The number of hydrogen-bond acceptors (Lipinski definition) is 14. The predicted octanol–water partition coefficient (Wildman–Crippen LogP) is 12.6. The van der Waals surface area contributed by atoms with Crippen molar-refractivity contribution in [2.45, 2.75) is 173 Å². The summed E-state index contributed by atoms with van der Waals surface area (Å²) in [5.74, 6) is 12.4. The molecule has 484 valence electrons. The standard InChI is InChI=1S/C27H33NO4.C21H32N4.C17H20N2O.C11H19NO/c1-28-7-6-27-5-4-20(29)13-22(27)32-25-21(3-2-17(14-28)24(25)27)31-26(30)23-18-9-15-8-16(11-18)12-19(23)10-15;1-6-12-18-15-19(22-16-21(4,5)25(7-2)8-3)23-24-20(18)17-13-10-9-11-14-17;1-14-4-2-5-15(10-14)6-3-9-20-18-11-17-13-19-8-7-16(17)12-19;1-9-8-11(13-10(9)2)4-6-12(3)7-5-11/h2-5,15-16,18-20,22-23,29H,6-14H2,1H3;9-11,13-15H,6-8,12,16H2,1-5H3,(H,22,23);2,4-5,10-11,16-17H,7-9,12-13H2,1H3;10H,1,4-8H2,2-3H3/b;;18-11+;/t15?,16?,18?,19?,20-,22?,23?,27-;;16-,17?;/m0.1./s1. The first-order valence-corrected chi connectivity index (χ1v) is 34.4. The average molecular weight is 1230 g/mol. The van der Waals surface area contributed by atoms with E-state index in [0.717, 1.165) is 111 Å². The van der Waals surface area contributed by atoms with Gasteiger partial charge >= 0.3 is 5.97 Å². The van der Waals surface area contributed by atoms with Gasteiger partial charge in [-0.15, -0.1) is 10.2 Å². The molecule has 90 heavy (non-hydrogen) atoms. The van der Waals surface area contributed by atoms with Crippen LogP contribution in [-0.4, -0.2) is 156 Å². The van der Waals surface area contributed by atoms with Gasteiger partial charge in [0, 0.05) is 80.1 Å². The smallest absolute Gasteiger partial charge is 0.315 e. The lowest BCUT2D eigenvalue weighted by Gasteiger charge is -2.53. The maximum Gasteiger partial charge on any atom is 0.315 e. The summed E-state index contributed by atoms with van der Waals surface area (Å²) in [6.45, 7) is 30.5. The van der Waals surface area contributed by atoms with Crippen molar-refractivity contribution in [2.75, 3.05) is 84.9 Å². The molecule has 2 N–H and O–H groups in total. The molecule has 3 aromatic carbocycles. The van der Waals surface area contributed by atoms with E-state index in [9.17, 15) is 9.90 Å². The molecule has 14 heteroatoms. The van der Waals surface area contributed by atoms with Crippen molar-refractivity contribution in [3.05, 3.63) is 125 Å². The first-order chi connectivity index (χ1) is 43.4. The highest BCUT2D eigenvalue weighted by molar-refractivity contribution is 5.78. The topological polar surface area (TPSA) is 137 Å². The summed E-state index contributed by atoms with van der Waals surface area (Å²) in [7, 11) is 4.34. The number of oxime groups is 1. The van der Waals surface area contributed by atoms with E-state index < -0.39 is 6.10 Å². The van der Waals surface area contributed by atoms with Crippen LogP contribution in [0.15, 0.2) is 102 Å². The minimum Gasteiger partial charge on any atom is -0.485 e. The Morgan fingerprint density at radius 2 is 1.64 bits per heavy atom. The lowest BCUT2D eigenvalue weighted by molar-refractivity contribution is -0.152. The summed E-state index contributed by atoms with van der Waals surface area (Å²) in [4.78, 5) is 28.4. The SMILES string of the molecule is C=C1CC2(CCN(C)CC2)OC1C.CCCc1cc(NCC(C)(C)N(CC)CC)nnc1-c1ccccc1.CN1CC[C@@]23C=C[C@H](O)CC2Oc2c(OC(=O)C4C5CC6CC(C5)CC4C6)ccc(c23)C1.Cc1cccc(C#CCO/N=C/C2CN3CC[C@@H]2C3)c1. The van der Waals surface area contributed by atoms with Crippen molar-refractivity contribution in [2.24, 2.45) is 46.6 Å². The van der Waals surface area contributed by atoms with Gasteiger partial charge in [0.2, 0.25) is 0 Å². The van der Waals surface area contributed by atoms with Gasteiger partial charge in [-0.3, -0.25) is 9.69 Å². The number of hydrogen-bond donors (Lipinski definition) is 2. The molecule has 7 heterocycles. The first kappa shape index (κ1) is 65.6. The van der Waals surface area contributed by atoms with Gasteiger partial charge in [-0.25, -0.2) is 0 Å². The van der Waals surface area contributed by atoms with Crippen LogP contribution in [-0.2, 0) is 32.7 Å². The largest absolute Gasteiger partial charge is 0.485 e. The van der Waals surface area contributed by atoms with Crippen molar-refractivity contribution in [1.82, 2.24) is 29.8 Å². The summed E-state index contributed by atoms with van der Waals surface area (Å²) in [6, 6.07) is 24.7. The van der Waals surface area contributed by atoms with Crippen LogP contribution >= 0.6 is 0 Å². The Labute approximate surface area is 538 Å². The highest BCUT2D eigenvalue weighted by Crippen LogP contribution is 2.59. The lowest BCUT2D eigenvalue weighted by atomic mass is 9.52. The van der Waals surface area contributed by atoms with Crippen molar-refractivity contribution in [3.8, 4) is 34.6 Å². The predicted molar refractivity (Wildman–Crippen MR) is 361 cm³/mol. The Bertz CT molecular complexity index is 3200. The van der Waals surface area contributed by atoms with Gasteiger partial charge in [-0.1, -0.05) is 111 Å². The molecule has 6 bridgehead atoms. The van der Waals surface area contributed by atoms with Gasteiger partial charge in [0.1, 0.15) is 11.9 Å². The van der Waals surface area contributed by atoms with E-state index in [4.69, 9.17) is 19.0 Å². The zero-order chi connectivity index (χ0) is 63.2. The zero-order valence-electron chi connectivity index (χ0n) is 55.7. The highest BCUT2D eigenvalue weighted by atomic mass is 16.6. The Balaban J connectivity index is 0.000000129. The molecule has 8 fully saturated rings. The Kier molecular flexibility index (Phi) is 21.1. The zero-order valence-corrected chi connectivity index (χ0v) is 55.7. The first-order valence-electron chi connectivity index (χ1n) is 34.4. The third-order valence-electron chi connectivity index (χ3n) is 21.9. The van der Waals surface area contributed by atoms with Crippen molar-refractivity contribution >= 4 is 18.0 Å². The van der Waals surface area contributed by atoms with Crippen LogP contribution in [0.3, 0.4) is 0 Å². The minimum atomic E-state index is -0.483. The Morgan fingerprint density at radius 3 is 2.31 bits per heavy atom. The van der Waals surface area contributed by atoms with Crippen LogP contribution in [0, 0.1) is 60.2 Å². The molecule has 15 rings (SSSR count). The molecule has 6 aliphatic heterocycles. The monoisotopic (exact) mass is 1220 g/mol. The van der Waals surface area contributed by atoms with E-state index in [0.29, 0.717) is 36.5 Å². The number of rotatable bonds is 14. The van der Waals surface area contributed by atoms with Crippen molar-refractivity contribution < 1.29 is 28.9 Å². The van der Waals surface area contributed by atoms with Crippen LogP contribution in [0.25, 0.3) is 11.3 Å². The van der Waals surface area contributed by atoms with E-state index in [-0.39, 0.29) is 40.7 Å². The van der Waals surface area contributed by atoms with Gasteiger partial charge in [-0.2, -0.15) is 0 Å². The molecule has 1 aromatic heterocycles. The number of aryl methyl sites for hydroxylation is 2. The number of carbonyl (C=O) groups is 1. The molecule has 4 aromatic rings. The van der Waals surface area contributed by atoms with Gasteiger partial charge in [0.15, 0.2) is 18.1 Å². The number of piperidine rings is 2. The number of aliphatic hydroxyl groups is 1. The summed E-state index contributed by atoms with van der Waals surface area (Å²) in [5.41, 5.74) is 9.35. The summed E-state index contributed by atoms with van der Waals surface area (Å²) in [5, 5.41) is 26.8. The molecule has 0 amide bonds. The number of fused-ring (bicyclic) bond motifs is 2. The molecule has 11 aliphatic rings. The quantitative estimate of drug-likeness (QED) is 0.0236. The normalized spacial score (nSPS) is 29.8. The van der Waals surface area contributed by atoms with Gasteiger partial charge in [0.25, 0.3) is 0 Å². The minimum absolute atomic E-state index is 0.0381. The van der Waals surface area contributed by atoms with E-state index in [1.165, 1.54) is 105 Å². The number of nitrogens with zero attached hydrogens (tertiary/aromatic N) is 7. The number of esters is 1. The molecule has 14 nitrogen and oxygen atoms in total. The molecule has 2 spiro atoms. The van der Waals surface area contributed by atoms with Gasteiger partial charge in [-0.05, 0) is 215 Å². The van der Waals surface area contributed by atoms with Crippen molar-refractivity contribution in [1.29, 1.82) is 0 Å². The van der Waals surface area contributed by atoms with E-state index in [2.05, 4.69) is 164 Å². The number of aliphatic hydroxyl groups excluding tert-OH is 1. The number of benzene rings is 3. The number of ether oxygens (including phenoxy) is 3. The molecule has 4 saturated carbocycles. The fraction of sp³-hybridized carbons (Fsp3) is 0.605. The molecule has 5 aliphatic carbocycles. The third-order valence-corrected chi connectivity index (χ3v) is 21.9. The molecular formula is C76H104N8O6. The second-order valence-electron chi connectivity index (χ2n) is 28.9. The Morgan fingerprint density at radius 1 is 0.900 bits per heavy atom. The van der Waals surface area contributed by atoms with Gasteiger partial charge < -0.3 is 44.2 Å². The Hall–Kier alpha value is -5.92. The third kappa shape index (κ3) is 15.1. The number of nitrogens with one attached hydrogen (secondary N) is 1. The summed E-state index contributed by atoms with van der Waals surface area (Å²) < 4.78 is 18.7. The molecule has 7 atom stereocenters. The summed E-state index contributed by atoms with van der Waals surface area (Å²) >= 11 is 0. The molecule has 4 saturated heterocycles. The number of aromatic nitrogens is 2. The van der Waals surface area contributed by atoms with E-state index in [1.54, 1.807) is 0 Å². The van der Waals surface area contributed by atoms with E-state index >= 15 is 0 Å². The van der Waals surface area contributed by atoms with Crippen LogP contribution in [0.5, 0.6) is 11.5 Å².